The maximum absolute atomic E-state index is 14.0. The number of carbonyl (C=O) groups is 3. The number of hydrogen-bond acceptors (Lipinski definition) is 8. The van der Waals surface area contributed by atoms with Crippen molar-refractivity contribution in [3.63, 3.8) is 0 Å². The third kappa shape index (κ3) is 9.13. The molecule has 3 N–H and O–H groups in total. The molecule has 0 saturated carbocycles. The highest BCUT2D eigenvalue weighted by molar-refractivity contribution is 7.91. The highest BCUT2D eigenvalue weighted by Gasteiger charge is 2.35. The Morgan fingerprint density at radius 1 is 0.836 bits per heavy atom. The van der Waals surface area contributed by atoms with Gasteiger partial charge in [-0.2, -0.15) is 0 Å². The molecule has 2 saturated heterocycles. The third-order valence-corrected chi connectivity index (χ3v) is 11.9. The molecule has 0 unspecified atom stereocenters. The summed E-state index contributed by atoms with van der Waals surface area (Å²) in [5.41, 5.74) is 6.69. The lowest BCUT2D eigenvalue weighted by molar-refractivity contribution is -0.137. The largest absolute Gasteiger partial charge is 0.453 e. The Hall–Kier alpha value is -5.79. The molecule has 1 aromatic heterocycles. The monoisotopic (exact) mass is 760 g/mol. The van der Waals surface area contributed by atoms with E-state index in [0.29, 0.717) is 48.8 Å². The fourth-order valence-electron chi connectivity index (χ4n) is 7.13. The zero-order valence-electron chi connectivity index (χ0n) is 30.6. The minimum atomic E-state index is -2.91. The molecule has 2 atom stereocenters. The minimum Gasteiger partial charge on any atom is -0.453 e. The number of H-pyrrole nitrogens is 1. The number of methoxy groups -OCH3 is 1. The number of carbonyl (C=O) groups excluding carboxylic acids is 3. The second-order valence-corrected chi connectivity index (χ2v) is 16.2. The molecule has 12 nitrogen and oxygen atoms in total. The highest BCUT2D eigenvalue weighted by Crippen LogP contribution is 2.33. The number of hydrogen-bond donors (Lipinski definition) is 3. The first-order chi connectivity index (χ1) is 26.7. The second-order valence-electron chi connectivity index (χ2n) is 13.9. The SMILES string of the molecule is COC(=O)N[C@H](C(=O)N1CCCC[C@H]1c1ncc(-c2ccc(-c3ccc(C(=O)Nc4ccc(CN5CCS(=O)(=O)CC5)cc4)cc3)cc2)[nH]1)c1ccccc1. The smallest absolute Gasteiger partial charge is 0.407 e. The van der Waals surface area contributed by atoms with Crippen LogP contribution in [0, 0.1) is 0 Å². The standard InChI is InChI=1S/C42H44N6O6S/c1-54-42(51)46-38(33-7-3-2-4-8-33)41(50)48-22-6-5-9-37(48)39-43-27-36(45-39)32-16-12-30(13-17-32)31-14-18-34(19-15-31)40(49)44-35-20-10-29(11-21-35)28-47-23-25-55(52,53)26-24-47/h2-4,7-8,10-21,27,37-38H,5-6,9,22-26,28H2,1H3,(H,43,45)(H,44,49)(H,46,51)/t37-,38-/m0/s1. The van der Waals surface area contributed by atoms with Crippen molar-refractivity contribution in [3.8, 4) is 22.4 Å². The third-order valence-electron chi connectivity index (χ3n) is 10.3. The lowest BCUT2D eigenvalue weighted by Gasteiger charge is -2.37. The normalized spacial score (nSPS) is 17.5. The lowest BCUT2D eigenvalue weighted by Crippen LogP contribution is -2.46. The quantitative estimate of drug-likeness (QED) is 0.148. The minimum absolute atomic E-state index is 0.195. The first-order valence-corrected chi connectivity index (χ1v) is 20.3. The fraction of sp³-hybridized carbons (Fsp3) is 0.286. The molecule has 2 aliphatic rings. The van der Waals surface area contributed by atoms with Gasteiger partial charge in [-0.1, -0.05) is 78.9 Å². The number of anilines is 1. The first-order valence-electron chi connectivity index (χ1n) is 18.4. The van der Waals surface area contributed by atoms with Crippen LogP contribution in [0.25, 0.3) is 22.4 Å². The zero-order valence-corrected chi connectivity index (χ0v) is 31.4. The van der Waals surface area contributed by atoms with Gasteiger partial charge in [-0.15, -0.1) is 0 Å². The van der Waals surface area contributed by atoms with E-state index in [1.807, 2.05) is 91.0 Å². The number of benzene rings is 4. The Balaban J connectivity index is 0.972. The summed E-state index contributed by atoms with van der Waals surface area (Å²) in [4.78, 5) is 51.3. The van der Waals surface area contributed by atoms with Gasteiger partial charge < -0.3 is 25.3 Å². The van der Waals surface area contributed by atoms with Crippen LogP contribution in [0.15, 0.2) is 109 Å². The average Bonchev–Trinajstić information content (AvgIpc) is 3.72. The van der Waals surface area contributed by atoms with Gasteiger partial charge in [-0.25, -0.2) is 18.2 Å². The van der Waals surface area contributed by atoms with E-state index in [0.717, 1.165) is 47.2 Å². The summed E-state index contributed by atoms with van der Waals surface area (Å²) in [6.07, 6.45) is 3.66. The summed E-state index contributed by atoms with van der Waals surface area (Å²) < 4.78 is 28.2. The van der Waals surface area contributed by atoms with Crippen LogP contribution in [0.1, 0.15) is 58.7 Å². The number of amides is 3. The molecule has 2 aliphatic heterocycles. The van der Waals surface area contributed by atoms with E-state index in [2.05, 4.69) is 20.5 Å². The second kappa shape index (κ2) is 16.7. The van der Waals surface area contributed by atoms with Gasteiger partial charge in [0.2, 0.25) is 0 Å². The van der Waals surface area contributed by atoms with Crippen LogP contribution >= 0.6 is 0 Å². The molecule has 4 aromatic carbocycles. The number of nitrogens with one attached hydrogen (secondary N) is 3. The van der Waals surface area contributed by atoms with E-state index >= 15 is 0 Å². The molecule has 7 rings (SSSR count). The molecule has 0 radical (unpaired) electrons. The number of ether oxygens (including phenoxy) is 1. The number of imidazole rings is 1. The van der Waals surface area contributed by atoms with Crippen LogP contribution in [-0.2, 0) is 25.9 Å². The Morgan fingerprint density at radius 3 is 2.16 bits per heavy atom. The lowest BCUT2D eigenvalue weighted by atomic mass is 9.98. The van der Waals surface area contributed by atoms with Gasteiger partial charge in [-0.05, 0) is 71.3 Å². The molecule has 3 heterocycles. The number of aromatic amines is 1. The van der Waals surface area contributed by atoms with Crippen LogP contribution in [0.3, 0.4) is 0 Å². The average molecular weight is 761 g/mol. The van der Waals surface area contributed by atoms with Crippen molar-refractivity contribution >= 4 is 33.4 Å². The molecule has 284 valence electrons. The molecule has 0 spiro atoms. The van der Waals surface area contributed by atoms with Crippen LogP contribution in [0.2, 0.25) is 0 Å². The van der Waals surface area contributed by atoms with Crippen molar-refractivity contribution in [2.24, 2.45) is 0 Å². The van der Waals surface area contributed by atoms with E-state index in [9.17, 15) is 22.8 Å². The van der Waals surface area contributed by atoms with E-state index in [1.165, 1.54) is 7.11 Å². The van der Waals surface area contributed by atoms with Crippen molar-refractivity contribution < 1.29 is 27.5 Å². The molecule has 5 aromatic rings. The van der Waals surface area contributed by atoms with Crippen LogP contribution in [0.5, 0.6) is 0 Å². The van der Waals surface area contributed by atoms with E-state index in [1.54, 1.807) is 23.2 Å². The summed E-state index contributed by atoms with van der Waals surface area (Å²) >= 11 is 0. The zero-order chi connectivity index (χ0) is 38.4. The van der Waals surface area contributed by atoms with Crippen molar-refractivity contribution in [2.45, 2.75) is 37.9 Å². The molecular formula is C42H44N6O6S. The van der Waals surface area contributed by atoms with E-state index < -0.39 is 22.0 Å². The number of likely N-dealkylation sites (tertiary alicyclic amines) is 1. The summed E-state index contributed by atoms with van der Waals surface area (Å²) in [5.74, 6) is 0.659. The number of nitrogens with zero attached hydrogens (tertiary/aromatic N) is 3. The van der Waals surface area contributed by atoms with Gasteiger partial charge in [0, 0.05) is 37.4 Å². The predicted molar refractivity (Wildman–Crippen MR) is 211 cm³/mol. The van der Waals surface area contributed by atoms with Gasteiger partial charge in [0.1, 0.15) is 11.9 Å². The highest BCUT2D eigenvalue weighted by atomic mass is 32.2. The molecule has 13 heteroatoms. The number of aromatic nitrogens is 2. The Morgan fingerprint density at radius 2 is 1.49 bits per heavy atom. The molecule has 0 aliphatic carbocycles. The van der Waals surface area contributed by atoms with Gasteiger partial charge in [0.15, 0.2) is 9.84 Å². The molecule has 2 fully saturated rings. The number of sulfone groups is 1. The summed E-state index contributed by atoms with van der Waals surface area (Å²) in [5, 5.41) is 5.67. The van der Waals surface area contributed by atoms with Crippen molar-refractivity contribution in [2.75, 3.05) is 43.6 Å². The molecule has 3 amide bonds. The van der Waals surface area contributed by atoms with Crippen molar-refractivity contribution in [1.29, 1.82) is 0 Å². The maximum Gasteiger partial charge on any atom is 0.407 e. The van der Waals surface area contributed by atoms with Crippen LogP contribution < -0.4 is 10.6 Å². The summed E-state index contributed by atoms with van der Waals surface area (Å²) in [6.45, 7) is 2.29. The van der Waals surface area contributed by atoms with Crippen LogP contribution in [0.4, 0.5) is 10.5 Å². The Labute approximate surface area is 320 Å². The van der Waals surface area contributed by atoms with Crippen LogP contribution in [-0.4, -0.2) is 84.3 Å². The van der Waals surface area contributed by atoms with Gasteiger partial charge >= 0.3 is 6.09 Å². The van der Waals surface area contributed by atoms with Gasteiger partial charge in [0.25, 0.3) is 11.8 Å². The van der Waals surface area contributed by atoms with Gasteiger partial charge in [-0.3, -0.25) is 14.5 Å². The molecule has 0 bridgehead atoms. The number of rotatable bonds is 10. The number of alkyl carbamates (subject to hydrolysis) is 1. The Bertz CT molecular complexity index is 2210. The van der Waals surface area contributed by atoms with Gasteiger partial charge in [0.05, 0.1) is 36.5 Å². The van der Waals surface area contributed by atoms with Crippen molar-refractivity contribution in [3.05, 3.63) is 132 Å². The maximum atomic E-state index is 14.0. The topological polar surface area (TPSA) is 154 Å². The Kier molecular flexibility index (Phi) is 11.4. The summed E-state index contributed by atoms with van der Waals surface area (Å²) in [6, 6.07) is 31.2. The fourth-order valence-corrected chi connectivity index (χ4v) is 8.40. The molecular weight excluding hydrogens is 717 g/mol. The van der Waals surface area contributed by atoms with E-state index in [4.69, 9.17) is 9.72 Å². The van der Waals surface area contributed by atoms with Crippen molar-refractivity contribution in [1.82, 2.24) is 25.1 Å². The molecule has 55 heavy (non-hydrogen) atoms. The predicted octanol–water partition coefficient (Wildman–Crippen LogP) is 6.38. The van der Waals surface area contributed by atoms with E-state index in [-0.39, 0.29) is 29.4 Å². The summed E-state index contributed by atoms with van der Waals surface area (Å²) in [7, 11) is -1.64. The first kappa shape index (κ1) is 37.5. The number of piperidine rings is 1.